The highest BCUT2D eigenvalue weighted by atomic mass is 16.6. The maximum absolute atomic E-state index is 11.6. The van der Waals surface area contributed by atoms with Gasteiger partial charge in [-0.15, -0.1) is 0 Å². The summed E-state index contributed by atoms with van der Waals surface area (Å²) in [6.07, 6.45) is -0.409. The lowest BCUT2D eigenvalue weighted by molar-refractivity contribution is 0.0495. The third kappa shape index (κ3) is 4.11. The van der Waals surface area contributed by atoms with Gasteiger partial charge >= 0.3 is 12.1 Å². The van der Waals surface area contributed by atoms with Crippen molar-refractivity contribution in [1.29, 1.82) is 0 Å². The molecule has 1 aromatic carbocycles. The van der Waals surface area contributed by atoms with Crippen LogP contribution in [0, 0.1) is 0 Å². The Hall–Kier alpha value is -2.24. The molecule has 1 fully saturated rings. The number of carboxylic acids is 1. The van der Waals surface area contributed by atoms with Gasteiger partial charge in [0, 0.05) is 18.8 Å². The van der Waals surface area contributed by atoms with Gasteiger partial charge in [-0.3, -0.25) is 0 Å². The average Bonchev–Trinajstić information content (AvgIpc) is 2.31. The molecule has 0 aliphatic carbocycles. The summed E-state index contributed by atoms with van der Waals surface area (Å²) in [7, 11) is 0. The van der Waals surface area contributed by atoms with E-state index in [1.165, 1.54) is 0 Å². The van der Waals surface area contributed by atoms with Crippen LogP contribution in [0.2, 0.25) is 0 Å². The Morgan fingerprint density at radius 3 is 2.29 bits per heavy atom. The molecule has 0 aromatic heterocycles. The highest BCUT2D eigenvalue weighted by Gasteiger charge is 2.29. The van der Waals surface area contributed by atoms with Crippen LogP contribution in [0.5, 0.6) is 0 Å². The molecule has 0 unspecified atom stereocenters. The predicted molar refractivity (Wildman–Crippen MR) is 78.8 cm³/mol. The van der Waals surface area contributed by atoms with Crippen LogP contribution in [-0.2, 0) is 4.74 Å². The minimum Gasteiger partial charge on any atom is -0.478 e. The molecule has 1 amide bonds. The highest BCUT2D eigenvalue weighted by molar-refractivity contribution is 5.88. The number of carbonyl (C=O) groups is 2. The lowest BCUT2D eigenvalue weighted by Crippen LogP contribution is -2.60. The molecule has 0 bridgehead atoms. The molecule has 1 saturated heterocycles. The fourth-order valence-corrected chi connectivity index (χ4v) is 2.07. The fourth-order valence-electron chi connectivity index (χ4n) is 2.07. The first-order valence-corrected chi connectivity index (χ1v) is 6.82. The number of carbonyl (C=O) groups excluding carboxylic acids is 1. The molecular weight excluding hydrogens is 272 g/mol. The van der Waals surface area contributed by atoms with E-state index in [4.69, 9.17) is 9.84 Å². The predicted octanol–water partition coefficient (Wildman–Crippen LogP) is 2.10. The summed E-state index contributed by atoms with van der Waals surface area (Å²) in [6, 6.07) is 6.75. The standard InChI is InChI=1S/C15H20N2O4/c1-15(2,3)21-14(20)16-11-8-17(9-11)12-6-4-10(5-7-12)13(18)19/h4-7,11H,8-9H2,1-3H3,(H,16,20)(H,18,19). The van der Waals surface area contributed by atoms with E-state index < -0.39 is 17.7 Å². The Balaban J connectivity index is 1.81. The summed E-state index contributed by atoms with van der Waals surface area (Å²) in [5, 5.41) is 11.6. The van der Waals surface area contributed by atoms with E-state index in [0.717, 1.165) is 5.69 Å². The molecule has 2 N–H and O–H groups in total. The first-order chi connectivity index (χ1) is 9.74. The normalized spacial score (nSPS) is 15.3. The van der Waals surface area contributed by atoms with Crippen molar-refractivity contribution in [1.82, 2.24) is 5.32 Å². The summed E-state index contributed by atoms with van der Waals surface area (Å²) < 4.78 is 5.19. The third-order valence-corrected chi connectivity index (χ3v) is 3.08. The van der Waals surface area contributed by atoms with E-state index >= 15 is 0 Å². The molecular formula is C15H20N2O4. The SMILES string of the molecule is CC(C)(C)OC(=O)NC1CN(c2ccc(C(=O)O)cc2)C1. The highest BCUT2D eigenvalue weighted by Crippen LogP contribution is 2.21. The largest absolute Gasteiger partial charge is 0.478 e. The second kappa shape index (κ2) is 5.63. The van der Waals surface area contributed by atoms with Gasteiger partial charge in [-0.1, -0.05) is 0 Å². The number of hydrogen-bond donors (Lipinski definition) is 2. The van der Waals surface area contributed by atoms with Crippen LogP contribution in [0.4, 0.5) is 10.5 Å². The van der Waals surface area contributed by atoms with Crippen LogP contribution < -0.4 is 10.2 Å². The molecule has 1 aliphatic heterocycles. The van der Waals surface area contributed by atoms with Gasteiger partial charge in [-0.25, -0.2) is 9.59 Å². The molecule has 0 saturated carbocycles. The van der Waals surface area contributed by atoms with Crippen molar-refractivity contribution in [2.75, 3.05) is 18.0 Å². The van der Waals surface area contributed by atoms with Crippen molar-refractivity contribution in [2.24, 2.45) is 0 Å². The van der Waals surface area contributed by atoms with Crippen molar-refractivity contribution < 1.29 is 19.4 Å². The lowest BCUT2D eigenvalue weighted by atomic mass is 10.1. The maximum Gasteiger partial charge on any atom is 0.407 e. The van der Waals surface area contributed by atoms with Gasteiger partial charge in [0.2, 0.25) is 0 Å². The Labute approximate surface area is 123 Å². The zero-order chi connectivity index (χ0) is 15.6. The number of rotatable bonds is 3. The van der Waals surface area contributed by atoms with E-state index in [9.17, 15) is 9.59 Å². The third-order valence-electron chi connectivity index (χ3n) is 3.08. The smallest absolute Gasteiger partial charge is 0.407 e. The Morgan fingerprint density at radius 1 is 1.24 bits per heavy atom. The lowest BCUT2D eigenvalue weighted by Gasteiger charge is -2.41. The van der Waals surface area contributed by atoms with Gasteiger partial charge in [0.05, 0.1) is 11.6 Å². The number of nitrogens with zero attached hydrogens (tertiary/aromatic N) is 1. The quantitative estimate of drug-likeness (QED) is 0.892. The second-order valence-electron chi connectivity index (χ2n) is 6.10. The van der Waals surface area contributed by atoms with Gasteiger partial charge in [0.15, 0.2) is 0 Å². The zero-order valence-corrected chi connectivity index (χ0v) is 12.4. The fraction of sp³-hybridized carbons (Fsp3) is 0.467. The number of carboxylic acid groups (broad SMARTS) is 1. The first-order valence-electron chi connectivity index (χ1n) is 6.82. The number of alkyl carbamates (subject to hydrolysis) is 1. The van der Waals surface area contributed by atoms with Gasteiger partial charge in [-0.2, -0.15) is 0 Å². The van der Waals surface area contributed by atoms with Gasteiger partial charge in [-0.05, 0) is 45.0 Å². The molecule has 2 rings (SSSR count). The van der Waals surface area contributed by atoms with E-state index in [-0.39, 0.29) is 11.6 Å². The first kappa shape index (κ1) is 15.2. The Kier molecular flexibility index (Phi) is 4.06. The van der Waals surface area contributed by atoms with Gasteiger partial charge in [0.25, 0.3) is 0 Å². The number of nitrogens with one attached hydrogen (secondary N) is 1. The summed E-state index contributed by atoms with van der Waals surface area (Å²) >= 11 is 0. The maximum atomic E-state index is 11.6. The molecule has 0 radical (unpaired) electrons. The minimum absolute atomic E-state index is 0.0546. The zero-order valence-electron chi connectivity index (χ0n) is 12.4. The van der Waals surface area contributed by atoms with Crippen molar-refractivity contribution in [3.63, 3.8) is 0 Å². The van der Waals surface area contributed by atoms with Crippen LogP contribution in [-0.4, -0.2) is 41.9 Å². The number of hydrogen-bond acceptors (Lipinski definition) is 4. The molecule has 0 atom stereocenters. The average molecular weight is 292 g/mol. The summed E-state index contributed by atoms with van der Waals surface area (Å²) in [4.78, 5) is 24.4. The number of benzene rings is 1. The monoisotopic (exact) mass is 292 g/mol. The number of anilines is 1. The van der Waals surface area contributed by atoms with Gasteiger partial charge in [0.1, 0.15) is 5.60 Å². The van der Waals surface area contributed by atoms with Crippen LogP contribution in [0.15, 0.2) is 24.3 Å². The van der Waals surface area contributed by atoms with Crippen LogP contribution in [0.1, 0.15) is 31.1 Å². The van der Waals surface area contributed by atoms with Crippen LogP contribution in [0.25, 0.3) is 0 Å². The van der Waals surface area contributed by atoms with Gasteiger partial charge < -0.3 is 20.1 Å². The topological polar surface area (TPSA) is 78.9 Å². The van der Waals surface area contributed by atoms with Crippen LogP contribution >= 0.6 is 0 Å². The molecule has 1 aromatic rings. The number of amides is 1. The van der Waals surface area contributed by atoms with E-state index in [0.29, 0.717) is 13.1 Å². The van der Waals surface area contributed by atoms with Crippen molar-refractivity contribution in [3.05, 3.63) is 29.8 Å². The minimum atomic E-state index is -0.936. The molecule has 6 heteroatoms. The van der Waals surface area contributed by atoms with Crippen molar-refractivity contribution in [3.8, 4) is 0 Å². The summed E-state index contributed by atoms with van der Waals surface area (Å²) in [5.74, 6) is -0.936. The second-order valence-corrected chi connectivity index (χ2v) is 6.10. The number of ether oxygens (including phenoxy) is 1. The molecule has 6 nitrogen and oxygen atoms in total. The number of aromatic carboxylic acids is 1. The molecule has 0 spiro atoms. The van der Waals surface area contributed by atoms with Crippen molar-refractivity contribution in [2.45, 2.75) is 32.4 Å². The summed E-state index contributed by atoms with van der Waals surface area (Å²) in [6.45, 7) is 6.84. The molecule has 21 heavy (non-hydrogen) atoms. The molecule has 1 aliphatic rings. The van der Waals surface area contributed by atoms with Crippen LogP contribution in [0.3, 0.4) is 0 Å². The Morgan fingerprint density at radius 2 is 1.81 bits per heavy atom. The van der Waals surface area contributed by atoms with E-state index in [1.54, 1.807) is 24.3 Å². The summed E-state index contributed by atoms with van der Waals surface area (Å²) in [5.41, 5.74) is 0.713. The Bertz CT molecular complexity index is 528. The molecule has 114 valence electrons. The molecule has 1 heterocycles. The van der Waals surface area contributed by atoms with E-state index in [2.05, 4.69) is 10.2 Å². The van der Waals surface area contributed by atoms with Crippen molar-refractivity contribution >= 4 is 17.7 Å². The van der Waals surface area contributed by atoms with E-state index in [1.807, 2.05) is 20.8 Å².